The van der Waals surface area contributed by atoms with Gasteiger partial charge in [0.2, 0.25) is 5.88 Å². The van der Waals surface area contributed by atoms with Gasteiger partial charge in [-0.3, -0.25) is 14.7 Å². The number of piperidine rings is 1. The first-order valence-electron chi connectivity index (χ1n) is 8.97. The Morgan fingerprint density at radius 2 is 2.30 bits per heavy atom. The molecule has 9 heteroatoms. The van der Waals surface area contributed by atoms with Crippen molar-refractivity contribution >= 4 is 11.6 Å². The van der Waals surface area contributed by atoms with E-state index in [1.165, 1.54) is 16.4 Å². The van der Waals surface area contributed by atoms with Crippen molar-refractivity contribution < 1.29 is 9.53 Å². The van der Waals surface area contributed by atoms with Crippen LogP contribution in [0.3, 0.4) is 0 Å². The third-order valence-electron chi connectivity index (χ3n) is 4.49. The number of rotatable bonds is 6. The van der Waals surface area contributed by atoms with E-state index in [0.29, 0.717) is 11.5 Å². The van der Waals surface area contributed by atoms with E-state index in [9.17, 15) is 4.79 Å². The van der Waals surface area contributed by atoms with E-state index in [1.807, 2.05) is 12.3 Å². The third-order valence-corrected chi connectivity index (χ3v) is 4.49. The van der Waals surface area contributed by atoms with Crippen LogP contribution in [-0.4, -0.2) is 61.3 Å². The predicted molar refractivity (Wildman–Crippen MR) is 97.0 cm³/mol. The summed E-state index contributed by atoms with van der Waals surface area (Å²) in [5.74, 6) is 0.216. The van der Waals surface area contributed by atoms with Gasteiger partial charge in [-0.1, -0.05) is 6.07 Å². The van der Waals surface area contributed by atoms with Crippen LogP contribution in [0.5, 0.6) is 5.88 Å². The Balaban J connectivity index is 1.26. The van der Waals surface area contributed by atoms with Gasteiger partial charge in [-0.2, -0.15) is 4.52 Å². The standard InChI is InChI=1S/C18H21N7O2/c26-17(12-27-18-6-5-16-22-20-13-25(16)23-18)21-15-4-2-8-24(11-15)10-14-3-1-7-19-9-14/h1,3,5-7,9,13,15H,2,4,8,10-12H2,(H,21,26)/t15-/m1/s1. The van der Waals surface area contributed by atoms with Crippen LogP contribution in [0.1, 0.15) is 18.4 Å². The average Bonchev–Trinajstić information content (AvgIpc) is 3.15. The quantitative estimate of drug-likeness (QED) is 0.684. The van der Waals surface area contributed by atoms with Gasteiger partial charge in [0.05, 0.1) is 0 Å². The number of ether oxygens (including phenoxy) is 1. The first kappa shape index (κ1) is 17.3. The predicted octanol–water partition coefficient (Wildman–Crippen LogP) is 0.679. The molecular weight excluding hydrogens is 346 g/mol. The van der Waals surface area contributed by atoms with Crippen molar-refractivity contribution in [1.82, 2.24) is 35.0 Å². The first-order valence-corrected chi connectivity index (χ1v) is 8.97. The van der Waals surface area contributed by atoms with Gasteiger partial charge in [0.15, 0.2) is 12.3 Å². The number of amides is 1. The molecule has 27 heavy (non-hydrogen) atoms. The second-order valence-electron chi connectivity index (χ2n) is 6.60. The van der Waals surface area contributed by atoms with Gasteiger partial charge in [-0.25, -0.2) is 0 Å². The molecule has 0 unspecified atom stereocenters. The zero-order valence-electron chi connectivity index (χ0n) is 14.9. The summed E-state index contributed by atoms with van der Waals surface area (Å²) in [7, 11) is 0. The number of pyridine rings is 1. The lowest BCUT2D eigenvalue weighted by molar-refractivity contribution is -0.124. The highest BCUT2D eigenvalue weighted by Crippen LogP contribution is 2.13. The number of nitrogens with one attached hydrogen (secondary N) is 1. The lowest BCUT2D eigenvalue weighted by Gasteiger charge is -2.33. The van der Waals surface area contributed by atoms with Gasteiger partial charge in [-0.15, -0.1) is 15.3 Å². The van der Waals surface area contributed by atoms with Crippen molar-refractivity contribution in [1.29, 1.82) is 0 Å². The molecule has 0 aromatic carbocycles. The smallest absolute Gasteiger partial charge is 0.258 e. The van der Waals surface area contributed by atoms with Crippen molar-refractivity contribution in [3.8, 4) is 5.88 Å². The molecule has 140 valence electrons. The summed E-state index contributed by atoms with van der Waals surface area (Å²) in [5, 5.41) is 14.9. The summed E-state index contributed by atoms with van der Waals surface area (Å²) >= 11 is 0. The molecule has 0 radical (unpaired) electrons. The number of hydrogen-bond donors (Lipinski definition) is 1. The molecule has 1 amide bonds. The average molecular weight is 367 g/mol. The second-order valence-corrected chi connectivity index (χ2v) is 6.60. The van der Waals surface area contributed by atoms with E-state index in [1.54, 1.807) is 18.3 Å². The summed E-state index contributed by atoms with van der Waals surface area (Å²) in [5.41, 5.74) is 1.81. The van der Waals surface area contributed by atoms with E-state index in [2.05, 4.69) is 36.6 Å². The van der Waals surface area contributed by atoms with Gasteiger partial charge in [0, 0.05) is 37.6 Å². The van der Waals surface area contributed by atoms with Crippen molar-refractivity contribution in [3.63, 3.8) is 0 Å². The number of carbonyl (C=O) groups is 1. The number of likely N-dealkylation sites (tertiary alicyclic amines) is 1. The van der Waals surface area contributed by atoms with E-state index in [0.717, 1.165) is 32.5 Å². The molecule has 1 aliphatic rings. The minimum atomic E-state index is -0.145. The molecule has 4 rings (SSSR count). The Bertz CT molecular complexity index is 899. The molecule has 0 saturated carbocycles. The summed E-state index contributed by atoms with van der Waals surface area (Å²) in [6.07, 6.45) is 7.17. The fraction of sp³-hybridized carbons (Fsp3) is 0.389. The third kappa shape index (κ3) is 4.56. The minimum absolute atomic E-state index is 0.0697. The Labute approximate surface area is 156 Å². The van der Waals surface area contributed by atoms with E-state index >= 15 is 0 Å². The molecule has 0 bridgehead atoms. The Morgan fingerprint density at radius 1 is 1.33 bits per heavy atom. The van der Waals surface area contributed by atoms with Crippen LogP contribution >= 0.6 is 0 Å². The molecule has 3 aromatic rings. The van der Waals surface area contributed by atoms with Gasteiger partial charge >= 0.3 is 0 Å². The molecule has 0 spiro atoms. The Kier molecular flexibility index (Phi) is 5.20. The fourth-order valence-electron chi connectivity index (χ4n) is 3.26. The van der Waals surface area contributed by atoms with Crippen LogP contribution < -0.4 is 10.1 Å². The van der Waals surface area contributed by atoms with Crippen molar-refractivity contribution in [2.45, 2.75) is 25.4 Å². The maximum atomic E-state index is 12.2. The summed E-state index contributed by atoms with van der Waals surface area (Å²) in [6.45, 7) is 2.63. The molecule has 1 aliphatic heterocycles. The monoisotopic (exact) mass is 367 g/mol. The number of fused-ring (bicyclic) bond motifs is 1. The zero-order valence-corrected chi connectivity index (χ0v) is 14.9. The number of carbonyl (C=O) groups excluding carboxylic acids is 1. The van der Waals surface area contributed by atoms with Gasteiger partial charge in [0.25, 0.3) is 5.91 Å². The lowest BCUT2D eigenvalue weighted by Crippen LogP contribution is -2.48. The maximum absolute atomic E-state index is 12.2. The highest BCUT2D eigenvalue weighted by atomic mass is 16.5. The molecule has 1 atom stereocenters. The van der Waals surface area contributed by atoms with Gasteiger partial charge < -0.3 is 10.1 Å². The van der Waals surface area contributed by atoms with Crippen LogP contribution in [0.25, 0.3) is 5.65 Å². The van der Waals surface area contributed by atoms with Gasteiger partial charge in [0.1, 0.15) is 6.33 Å². The van der Waals surface area contributed by atoms with E-state index < -0.39 is 0 Å². The largest absolute Gasteiger partial charge is 0.467 e. The second kappa shape index (κ2) is 8.09. The van der Waals surface area contributed by atoms with Crippen LogP contribution in [0, 0.1) is 0 Å². The van der Waals surface area contributed by atoms with Crippen molar-refractivity contribution in [3.05, 3.63) is 48.5 Å². The fourth-order valence-corrected chi connectivity index (χ4v) is 3.26. The molecule has 9 nitrogen and oxygen atoms in total. The highest BCUT2D eigenvalue weighted by molar-refractivity contribution is 5.77. The molecule has 0 aliphatic carbocycles. The topological polar surface area (TPSA) is 97.5 Å². The highest BCUT2D eigenvalue weighted by Gasteiger charge is 2.21. The number of aromatic nitrogens is 5. The summed E-state index contributed by atoms with van der Waals surface area (Å²) in [4.78, 5) is 18.7. The van der Waals surface area contributed by atoms with Crippen LogP contribution in [0.2, 0.25) is 0 Å². The number of hydrogen-bond acceptors (Lipinski definition) is 7. The zero-order chi connectivity index (χ0) is 18.5. The Morgan fingerprint density at radius 3 is 3.19 bits per heavy atom. The van der Waals surface area contributed by atoms with E-state index in [4.69, 9.17) is 4.74 Å². The van der Waals surface area contributed by atoms with Crippen molar-refractivity contribution in [2.75, 3.05) is 19.7 Å². The summed E-state index contributed by atoms with van der Waals surface area (Å²) < 4.78 is 6.99. The lowest BCUT2D eigenvalue weighted by atomic mass is 10.1. The van der Waals surface area contributed by atoms with E-state index in [-0.39, 0.29) is 18.6 Å². The van der Waals surface area contributed by atoms with Crippen LogP contribution in [-0.2, 0) is 11.3 Å². The molecule has 1 saturated heterocycles. The number of nitrogens with zero attached hydrogens (tertiary/aromatic N) is 6. The first-order chi connectivity index (χ1) is 13.3. The van der Waals surface area contributed by atoms with Crippen molar-refractivity contribution in [2.24, 2.45) is 0 Å². The molecule has 1 N–H and O–H groups in total. The molecule has 3 aromatic heterocycles. The normalized spacial score (nSPS) is 17.7. The molecule has 1 fully saturated rings. The molecule has 4 heterocycles. The molecular formula is C18H21N7O2. The Hall–Kier alpha value is -3.07. The van der Waals surface area contributed by atoms with Crippen LogP contribution in [0.15, 0.2) is 43.0 Å². The minimum Gasteiger partial charge on any atom is -0.467 e. The van der Waals surface area contributed by atoms with Gasteiger partial charge in [-0.05, 0) is 37.1 Å². The maximum Gasteiger partial charge on any atom is 0.258 e. The summed E-state index contributed by atoms with van der Waals surface area (Å²) in [6, 6.07) is 7.56. The SMILES string of the molecule is O=C(COc1ccc2nncn2n1)N[C@@H]1CCCN(Cc2cccnc2)C1. The van der Waals surface area contributed by atoms with Crippen LogP contribution in [0.4, 0.5) is 0 Å².